The molecule has 0 amide bonds. The number of ether oxygens (including phenoxy) is 1. The Hall–Kier alpha value is -4.82. The molecule has 6 rings (SSSR count). The lowest BCUT2D eigenvalue weighted by atomic mass is 9.95. The van der Waals surface area contributed by atoms with Gasteiger partial charge >= 0.3 is 5.97 Å². The van der Waals surface area contributed by atoms with Gasteiger partial charge in [0.1, 0.15) is 0 Å². The molecule has 7 nitrogen and oxygen atoms in total. The number of hydrogen-bond acceptors (Lipinski definition) is 6. The normalized spacial score (nSPS) is 15.0. The van der Waals surface area contributed by atoms with Crippen molar-refractivity contribution in [3.05, 3.63) is 138 Å². The van der Waals surface area contributed by atoms with Gasteiger partial charge in [-0.1, -0.05) is 89.2 Å². The maximum atomic E-state index is 14.2. The molecule has 0 spiro atoms. The molecule has 3 heterocycles. The fraction of sp³-hybridized carbons (Fsp3) is 0.176. The number of aromatic nitrogens is 3. The Balaban J connectivity index is 1.56. The summed E-state index contributed by atoms with van der Waals surface area (Å²) in [7, 11) is 0. The Bertz CT molecular complexity index is 2000. The SMILES string of the molecule is CCOC(=O)C1=C(C)N=c2s/c(=C\c3cn(-c4ccccc4)nc3-c3ccc(C)cc3)c(=O)n2[C@@H]1c1ccc(C)cc1. The van der Waals surface area contributed by atoms with Crippen LogP contribution in [0.1, 0.15) is 42.1 Å². The minimum Gasteiger partial charge on any atom is -0.463 e. The van der Waals surface area contributed by atoms with Crippen LogP contribution >= 0.6 is 11.3 Å². The van der Waals surface area contributed by atoms with Crippen LogP contribution in [0.2, 0.25) is 0 Å². The Morgan fingerprint density at radius 3 is 2.29 bits per heavy atom. The number of esters is 1. The second-order valence-electron chi connectivity index (χ2n) is 10.3. The summed E-state index contributed by atoms with van der Waals surface area (Å²) in [4.78, 5) is 32.6. The number of thiazole rings is 1. The second-order valence-corrected chi connectivity index (χ2v) is 11.3. The summed E-state index contributed by atoms with van der Waals surface area (Å²) in [5.41, 5.74) is 7.20. The van der Waals surface area contributed by atoms with Crippen molar-refractivity contribution < 1.29 is 9.53 Å². The zero-order valence-corrected chi connectivity index (χ0v) is 24.7. The van der Waals surface area contributed by atoms with E-state index in [9.17, 15) is 9.59 Å². The summed E-state index contributed by atoms with van der Waals surface area (Å²) in [5, 5.41) is 4.91. The van der Waals surface area contributed by atoms with Gasteiger partial charge in [-0.05, 0) is 51.5 Å². The van der Waals surface area contributed by atoms with Gasteiger partial charge in [0, 0.05) is 17.3 Å². The van der Waals surface area contributed by atoms with E-state index in [-0.39, 0.29) is 12.2 Å². The number of para-hydroxylation sites is 1. The lowest BCUT2D eigenvalue weighted by Crippen LogP contribution is -2.39. The predicted octanol–water partition coefficient (Wildman–Crippen LogP) is 5.27. The Labute approximate surface area is 247 Å². The molecule has 3 aromatic carbocycles. The number of aryl methyl sites for hydroxylation is 2. The Morgan fingerprint density at radius 1 is 0.952 bits per heavy atom. The summed E-state index contributed by atoms with van der Waals surface area (Å²) < 4.78 is 9.37. The van der Waals surface area contributed by atoms with Gasteiger partial charge in [0.05, 0.1) is 39.8 Å². The zero-order valence-electron chi connectivity index (χ0n) is 23.9. The van der Waals surface area contributed by atoms with E-state index in [0.717, 1.165) is 39.2 Å². The fourth-order valence-electron chi connectivity index (χ4n) is 5.14. The zero-order chi connectivity index (χ0) is 29.4. The molecular formula is C34H30N4O3S. The van der Waals surface area contributed by atoms with Crippen LogP contribution in [0.5, 0.6) is 0 Å². The van der Waals surface area contributed by atoms with Crippen molar-refractivity contribution in [2.75, 3.05) is 6.61 Å². The predicted molar refractivity (Wildman–Crippen MR) is 165 cm³/mol. The Kier molecular flexibility index (Phi) is 7.31. The third-order valence-electron chi connectivity index (χ3n) is 7.28. The number of rotatable bonds is 6. The van der Waals surface area contributed by atoms with Crippen LogP contribution in [-0.4, -0.2) is 26.9 Å². The molecule has 1 aliphatic heterocycles. The highest BCUT2D eigenvalue weighted by Crippen LogP contribution is 2.31. The van der Waals surface area contributed by atoms with Crippen molar-refractivity contribution in [2.24, 2.45) is 4.99 Å². The molecule has 42 heavy (non-hydrogen) atoms. The van der Waals surface area contributed by atoms with E-state index in [4.69, 9.17) is 14.8 Å². The molecule has 1 atom stereocenters. The summed E-state index contributed by atoms with van der Waals surface area (Å²) in [6.07, 6.45) is 3.82. The standard InChI is InChI=1S/C34H30N4O3S/c1-5-41-33(40)29-23(4)35-34-38(31(29)25-17-13-22(3)14-18-25)32(39)28(42-34)19-26-20-37(27-9-7-6-8-10-27)36-30(26)24-15-11-21(2)12-16-24/h6-20,31H,5H2,1-4H3/b28-19-/t31-/m1/s1. The van der Waals surface area contributed by atoms with Crippen LogP contribution in [0.4, 0.5) is 0 Å². The van der Waals surface area contributed by atoms with E-state index in [2.05, 4.69) is 12.1 Å². The molecule has 0 unspecified atom stereocenters. The maximum Gasteiger partial charge on any atom is 0.338 e. The van der Waals surface area contributed by atoms with Gasteiger partial charge < -0.3 is 4.74 Å². The van der Waals surface area contributed by atoms with Gasteiger partial charge in [-0.25, -0.2) is 14.5 Å². The molecule has 0 aliphatic carbocycles. The first kappa shape index (κ1) is 27.4. The molecular weight excluding hydrogens is 544 g/mol. The molecule has 0 fully saturated rings. The molecule has 5 aromatic rings. The molecule has 2 aromatic heterocycles. The van der Waals surface area contributed by atoms with E-state index in [0.29, 0.717) is 20.6 Å². The van der Waals surface area contributed by atoms with Crippen molar-refractivity contribution >= 4 is 23.4 Å². The molecule has 0 N–H and O–H groups in total. The summed E-state index contributed by atoms with van der Waals surface area (Å²) in [5.74, 6) is -0.468. The molecule has 0 radical (unpaired) electrons. The third-order valence-corrected chi connectivity index (χ3v) is 8.27. The molecule has 0 saturated heterocycles. The molecule has 0 bridgehead atoms. The van der Waals surface area contributed by atoms with Crippen LogP contribution in [-0.2, 0) is 9.53 Å². The average molecular weight is 575 g/mol. The summed E-state index contributed by atoms with van der Waals surface area (Å²) in [6, 6.07) is 25.3. The highest BCUT2D eigenvalue weighted by molar-refractivity contribution is 7.07. The van der Waals surface area contributed by atoms with Gasteiger partial charge in [-0.15, -0.1) is 0 Å². The number of nitrogens with zero attached hydrogens (tertiary/aromatic N) is 4. The molecule has 8 heteroatoms. The quantitative estimate of drug-likeness (QED) is 0.259. The lowest BCUT2D eigenvalue weighted by Gasteiger charge is -2.24. The maximum absolute atomic E-state index is 14.2. The van der Waals surface area contributed by atoms with Crippen LogP contribution < -0.4 is 14.9 Å². The third kappa shape index (κ3) is 5.05. The van der Waals surface area contributed by atoms with E-state index < -0.39 is 12.0 Å². The van der Waals surface area contributed by atoms with Crippen molar-refractivity contribution in [3.8, 4) is 16.9 Å². The average Bonchev–Trinajstić information content (AvgIpc) is 3.54. The number of benzene rings is 3. The number of fused-ring (bicyclic) bond motifs is 1. The molecule has 0 saturated carbocycles. The first-order chi connectivity index (χ1) is 20.3. The van der Waals surface area contributed by atoms with E-state index in [1.165, 1.54) is 11.3 Å². The first-order valence-electron chi connectivity index (χ1n) is 13.8. The van der Waals surface area contributed by atoms with Crippen LogP contribution in [0, 0.1) is 13.8 Å². The van der Waals surface area contributed by atoms with E-state index in [1.54, 1.807) is 18.4 Å². The Morgan fingerprint density at radius 2 is 1.62 bits per heavy atom. The van der Waals surface area contributed by atoms with Crippen LogP contribution in [0.3, 0.4) is 0 Å². The molecule has 1 aliphatic rings. The monoisotopic (exact) mass is 574 g/mol. The van der Waals surface area contributed by atoms with Crippen molar-refractivity contribution in [3.63, 3.8) is 0 Å². The van der Waals surface area contributed by atoms with Crippen molar-refractivity contribution in [2.45, 2.75) is 33.7 Å². The fourth-order valence-corrected chi connectivity index (χ4v) is 6.18. The largest absolute Gasteiger partial charge is 0.463 e. The van der Waals surface area contributed by atoms with Gasteiger partial charge in [-0.3, -0.25) is 9.36 Å². The minimum atomic E-state index is -0.647. The van der Waals surface area contributed by atoms with Gasteiger partial charge in [-0.2, -0.15) is 5.10 Å². The first-order valence-corrected chi connectivity index (χ1v) is 14.6. The molecule has 210 valence electrons. The lowest BCUT2D eigenvalue weighted by molar-refractivity contribution is -0.139. The van der Waals surface area contributed by atoms with Gasteiger partial charge in [0.25, 0.3) is 5.56 Å². The van der Waals surface area contributed by atoms with E-state index >= 15 is 0 Å². The topological polar surface area (TPSA) is 78.5 Å². The smallest absolute Gasteiger partial charge is 0.338 e. The summed E-state index contributed by atoms with van der Waals surface area (Å²) in [6.45, 7) is 7.85. The number of allylic oxidation sites excluding steroid dienone is 1. The van der Waals surface area contributed by atoms with E-state index in [1.807, 2.05) is 97.5 Å². The van der Waals surface area contributed by atoms with Crippen molar-refractivity contribution in [1.82, 2.24) is 14.3 Å². The highest BCUT2D eigenvalue weighted by atomic mass is 32.1. The van der Waals surface area contributed by atoms with Gasteiger partial charge in [0.2, 0.25) is 0 Å². The van der Waals surface area contributed by atoms with Crippen molar-refractivity contribution in [1.29, 1.82) is 0 Å². The van der Waals surface area contributed by atoms with Gasteiger partial charge in [0.15, 0.2) is 4.80 Å². The minimum absolute atomic E-state index is 0.221. The highest BCUT2D eigenvalue weighted by Gasteiger charge is 2.33. The second kappa shape index (κ2) is 11.2. The summed E-state index contributed by atoms with van der Waals surface area (Å²) >= 11 is 1.31. The van der Waals surface area contributed by atoms with Crippen LogP contribution in [0.25, 0.3) is 23.0 Å². The number of carbonyl (C=O) groups excluding carboxylic acids is 1. The number of hydrogen-bond donors (Lipinski definition) is 0. The van der Waals surface area contributed by atoms with Crippen LogP contribution in [0.15, 0.2) is 106 Å². The number of carbonyl (C=O) groups is 1.